The third-order valence-corrected chi connectivity index (χ3v) is 4.27. The first kappa shape index (κ1) is 14.6. The lowest BCUT2D eigenvalue weighted by atomic mass is 10.0. The van der Waals surface area contributed by atoms with Crippen LogP contribution in [0.2, 0.25) is 0 Å². The highest BCUT2D eigenvalue weighted by molar-refractivity contribution is 5.81. The number of carboxylic acids is 1. The number of aliphatic carboxylic acids is 1. The smallest absolute Gasteiger partial charge is 0.306 e. The maximum Gasteiger partial charge on any atom is 0.306 e. The lowest BCUT2D eigenvalue weighted by molar-refractivity contribution is -0.141. The molecule has 1 amide bonds. The van der Waals surface area contributed by atoms with E-state index in [1.54, 1.807) is 0 Å². The molecule has 116 valence electrons. The Morgan fingerprint density at radius 3 is 2.86 bits per heavy atom. The zero-order valence-electron chi connectivity index (χ0n) is 12.4. The zero-order chi connectivity index (χ0) is 15.7. The van der Waals surface area contributed by atoms with Crippen LogP contribution in [0.25, 0.3) is 11.0 Å². The fraction of sp³-hybridized carbons (Fsp3) is 0.438. The summed E-state index contributed by atoms with van der Waals surface area (Å²) >= 11 is 0. The van der Waals surface area contributed by atoms with Crippen LogP contribution in [0.3, 0.4) is 0 Å². The van der Waals surface area contributed by atoms with E-state index in [-0.39, 0.29) is 17.7 Å². The van der Waals surface area contributed by atoms with Crippen LogP contribution in [-0.2, 0) is 16.1 Å². The highest BCUT2D eigenvalue weighted by Crippen LogP contribution is 2.31. The van der Waals surface area contributed by atoms with Crippen LogP contribution in [0.15, 0.2) is 18.2 Å². The van der Waals surface area contributed by atoms with Crippen LogP contribution in [0.1, 0.15) is 30.7 Å². The Morgan fingerprint density at radius 2 is 2.14 bits per heavy atom. The van der Waals surface area contributed by atoms with Crippen molar-refractivity contribution in [2.75, 3.05) is 0 Å². The summed E-state index contributed by atoms with van der Waals surface area (Å²) in [6.45, 7) is 2.35. The minimum absolute atomic E-state index is 0.0830. The predicted molar refractivity (Wildman–Crippen MR) is 81.1 cm³/mol. The molecule has 2 aromatic rings. The number of aryl methyl sites for hydroxylation is 1. The number of hydrogen-bond acceptors (Lipinski definition) is 3. The summed E-state index contributed by atoms with van der Waals surface area (Å²) in [4.78, 5) is 30.7. The summed E-state index contributed by atoms with van der Waals surface area (Å²) in [6, 6.07) is 5.96. The lowest BCUT2D eigenvalue weighted by Crippen LogP contribution is -2.29. The van der Waals surface area contributed by atoms with Gasteiger partial charge in [0.05, 0.1) is 23.5 Å². The minimum Gasteiger partial charge on any atom is -0.481 e. The molecule has 0 unspecified atom stereocenters. The van der Waals surface area contributed by atoms with Gasteiger partial charge in [0.2, 0.25) is 5.91 Å². The molecule has 6 nitrogen and oxygen atoms in total. The van der Waals surface area contributed by atoms with E-state index in [2.05, 4.69) is 15.3 Å². The van der Waals surface area contributed by atoms with E-state index in [1.165, 1.54) is 0 Å². The number of aromatic amines is 1. The molecular formula is C16H19N3O3. The van der Waals surface area contributed by atoms with Crippen molar-refractivity contribution in [2.24, 2.45) is 11.8 Å². The molecule has 0 aliphatic heterocycles. The molecule has 3 N–H and O–H groups in total. The number of carboxylic acid groups (broad SMARTS) is 1. The van der Waals surface area contributed by atoms with E-state index in [9.17, 15) is 9.59 Å². The van der Waals surface area contributed by atoms with Crippen molar-refractivity contribution in [2.45, 2.75) is 32.7 Å². The average molecular weight is 301 g/mol. The Bertz CT molecular complexity index is 722. The fourth-order valence-corrected chi connectivity index (χ4v) is 3.02. The van der Waals surface area contributed by atoms with E-state index in [1.807, 2.05) is 25.1 Å². The SMILES string of the molecule is Cc1ccc2nc(CNC(=O)[C@@H]3CC[C@H](C(=O)O)C3)[nH]c2c1. The van der Waals surface area contributed by atoms with Crippen molar-refractivity contribution < 1.29 is 14.7 Å². The molecule has 3 rings (SSSR count). The molecule has 1 aromatic carbocycles. The van der Waals surface area contributed by atoms with Crippen LogP contribution in [0.4, 0.5) is 0 Å². The number of nitrogens with one attached hydrogen (secondary N) is 2. The Labute approximate surface area is 127 Å². The molecule has 1 saturated carbocycles. The van der Waals surface area contributed by atoms with Crippen LogP contribution in [0.5, 0.6) is 0 Å². The first-order valence-electron chi connectivity index (χ1n) is 7.48. The van der Waals surface area contributed by atoms with Crippen molar-refractivity contribution in [1.29, 1.82) is 0 Å². The minimum atomic E-state index is -0.803. The summed E-state index contributed by atoms with van der Waals surface area (Å²) in [5.74, 6) is -0.761. The van der Waals surface area contributed by atoms with E-state index in [0.29, 0.717) is 31.6 Å². The first-order chi connectivity index (χ1) is 10.5. The number of imidazole rings is 1. The number of carbonyl (C=O) groups excluding carboxylic acids is 1. The molecule has 1 heterocycles. The van der Waals surface area contributed by atoms with Gasteiger partial charge in [-0.2, -0.15) is 0 Å². The van der Waals surface area contributed by atoms with Gasteiger partial charge in [-0.3, -0.25) is 9.59 Å². The molecule has 0 radical (unpaired) electrons. The first-order valence-corrected chi connectivity index (χ1v) is 7.48. The summed E-state index contributed by atoms with van der Waals surface area (Å²) in [5.41, 5.74) is 2.98. The second kappa shape index (κ2) is 5.79. The number of aromatic nitrogens is 2. The normalized spacial score (nSPS) is 21.1. The average Bonchev–Trinajstić information content (AvgIpc) is 3.10. The lowest BCUT2D eigenvalue weighted by Gasteiger charge is -2.09. The van der Waals surface area contributed by atoms with Crippen LogP contribution < -0.4 is 5.32 Å². The van der Waals surface area contributed by atoms with Gasteiger partial charge in [-0.15, -0.1) is 0 Å². The number of amides is 1. The summed E-state index contributed by atoms with van der Waals surface area (Å²) < 4.78 is 0. The number of rotatable bonds is 4. The number of H-pyrrole nitrogens is 1. The number of hydrogen-bond donors (Lipinski definition) is 3. The van der Waals surface area contributed by atoms with Crippen LogP contribution in [-0.4, -0.2) is 27.0 Å². The monoisotopic (exact) mass is 301 g/mol. The van der Waals surface area contributed by atoms with E-state index < -0.39 is 5.97 Å². The number of fused-ring (bicyclic) bond motifs is 1. The van der Waals surface area contributed by atoms with Gasteiger partial charge >= 0.3 is 5.97 Å². The van der Waals surface area contributed by atoms with Gasteiger partial charge in [0.15, 0.2) is 0 Å². The van der Waals surface area contributed by atoms with Gasteiger partial charge < -0.3 is 15.4 Å². The second-order valence-electron chi connectivity index (χ2n) is 5.97. The molecule has 1 fully saturated rings. The molecule has 22 heavy (non-hydrogen) atoms. The largest absolute Gasteiger partial charge is 0.481 e. The maximum atomic E-state index is 12.1. The van der Waals surface area contributed by atoms with Crippen molar-refractivity contribution >= 4 is 22.9 Å². The topological polar surface area (TPSA) is 95.1 Å². The summed E-state index contributed by atoms with van der Waals surface area (Å²) in [6.07, 6.45) is 1.65. The highest BCUT2D eigenvalue weighted by Gasteiger charge is 2.33. The van der Waals surface area contributed by atoms with Gasteiger partial charge in [0.25, 0.3) is 0 Å². The molecule has 0 saturated heterocycles. The van der Waals surface area contributed by atoms with Crippen molar-refractivity contribution in [3.63, 3.8) is 0 Å². The standard InChI is InChI=1S/C16H19N3O3/c1-9-2-5-12-13(6-9)19-14(18-12)8-17-15(20)10-3-4-11(7-10)16(21)22/h2,5-6,10-11H,3-4,7-8H2,1H3,(H,17,20)(H,18,19)(H,21,22)/t10-,11+/m1/s1. The second-order valence-corrected chi connectivity index (χ2v) is 5.97. The summed E-state index contributed by atoms with van der Waals surface area (Å²) in [5, 5.41) is 11.8. The van der Waals surface area contributed by atoms with E-state index in [4.69, 9.17) is 5.11 Å². The van der Waals surface area contributed by atoms with Gasteiger partial charge in [0, 0.05) is 5.92 Å². The Hall–Kier alpha value is -2.37. The number of carbonyl (C=O) groups is 2. The van der Waals surface area contributed by atoms with Crippen molar-refractivity contribution in [1.82, 2.24) is 15.3 Å². The quantitative estimate of drug-likeness (QED) is 0.804. The molecule has 0 bridgehead atoms. The van der Waals surface area contributed by atoms with Crippen LogP contribution >= 0.6 is 0 Å². The van der Waals surface area contributed by atoms with Gasteiger partial charge in [-0.1, -0.05) is 6.07 Å². The maximum absolute atomic E-state index is 12.1. The number of nitrogens with zero attached hydrogens (tertiary/aromatic N) is 1. The van der Waals surface area contributed by atoms with Gasteiger partial charge in [-0.25, -0.2) is 4.98 Å². The fourth-order valence-electron chi connectivity index (χ4n) is 3.02. The Balaban J connectivity index is 1.59. The predicted octanol–water partition coefficient (Wildman–Crippen LogP) is 1.99. The molecule has 1 aliphatic carbocycles. The van der Waals surface area contributed by atoms with Crippen molar-refractivity contribution in [3.05, 3.63) is 29.6 Å². The Kier molecular flexibility index (Phi) is 3.83. The molecular weight excluding hydrogens is 282 g/mol. The van der Waals surface area contributed by atoms with Crippen molar-refractivity contribution in [3.8, 4) is 0 Å². The van der Waals surface area contributed by atoms with E-state index in [0.717, 1.165) is 16.6 Å². The third kappa shape index (κ3) is 2.95. The third-order valence-electron chi connectivity index (χ3n) is 4.27. The molecule has 1 aromatic heterocycles. The van der Waals surface area contributed by atoms with Crippen LogP contribution in [0, 0.1) is 18.8 Å². The van der Waals surface area contributed by atoms with E-state index >= 15 is 0 Å². The molecule has 2 atom stereocenters. The summed E-state index contributed by atoms with van der Waals surface area (Å²) in [7, 11) is 0. The molecule has 0 spiro atoms. The number of benzene rings is 1. The van der Waals surface area contributed by atoms with Gasteiger partial charge in [0.1, 0.15) is 5.82 Å². The highest BCUT2D eigenvalue weighted by atomic mass is 16.4. The van der Waals surface area contributed by atoms with Gasteiger partial charge in [-0.05, 0) is 43.9 Å². The zero-order valence-corrected chi connectivity index (χ0v) is 12.4. The molecule has 6 heteroatoms. The Morgan fingerprint density at radius 1 is 1.36 bits per heavy atom. The molecule has 1 aliphatic rings.